The van der Waals surface area contributed by atoms with Crippen LogP contribution in [0.3, 0.4) is 0 Å². The van der Waals surface area contributed by atoms with Gasteiger partial charge in [0.2, 0.25) is 0 Å². The lowest BCUT2D eigenvalue weighted by atomic mass is 10.1. The van der Waals surface area contributed by atoms with Crippen molar-refractivity contribution in [1.82, 2.24) is 4.90 Å². The molecule has 0 heterocycles. The minimum Gasteiger partial charge on any atom is -0.337 e. The quantitative estimate of drug-likeness (QED) is 0.825. The third-order valence-corrected chi connectivity index (χ3v) is 2.94. The molecule has 0 unspecified atom stereocenters. The third-order valence-electron chi connectivity index (χ3n) is 2.94. The molecule has 0 aromatic heterocycles. The van der Waals surface area contributed by atoms with E-state index in [2.05, 4.69) is 0 Å². The van der Waals surface area contributed by atoms with Crippen molar-refractivity contribution in [3.63, 3.8) is 0 Å². The fourth-order valence-electron chi connectivity index (χ4n) is 1.93. The first-order valence-corrected chi connectivity index (χ1v) is 6.13. The zero-order valence-electron chi connectivity index (χ0n) is 11.1. The monoisotopic (exact) mass is 257 g/mol. The molecule has 0 fully saturated rings. The molecule has 0 saturated carbocycles. The Morgan fingerprint density at radius 1 is 1.16 bits per heavy atom. The summed E-state index contributed by atoms with van der Waals surface area (Å²) in [6.07, 6.45) is 0. The molecule has 0 spiro atoms. The number of rotatable bonds is 3. The van der Waals surface area contributed by atoms with Gasteiger partial charge in [-0.25, -0.2) is 4.39 Å². The van der Waals surface area contributed by atoms with Crippen molar-refractivity contribution in [2.75, 3.05) is 7.05 Å². The van der Waals surface area contributed by atoms with Gasteiger partial charge in [-0.2, -0.15) is 0 Å². The van der Waals surface area contributed by atoms with Crippen LogP contribution in [0.25, 0.3) is 0 Å². The highest BCUT2D eigenvalue weighted by atomic mass is 19.1. The molecule has 0 aliphatic heterocycles. The molecule has 0 aliphatic carbocycles. The fraction of sp³-hybridized carbons (Fsp3) is 0.188. The van der Waals surface area contributed by atoms with Crippen LogP contribution in [-0.4, -0.2) is 17.9 Å². The number of hydrogen-bond donors (Lipinski definition) is 0. The Morgan fingerprint density at radius 2 is 1.84 bits per heavy atom. The molecule has 0 radical (unpaired) electrons. The summed E-state index contributed by atoms with van der Waals surface area (Å²) in [7, 11) is 1.74. The van der Waals surface area contributed by atoms with Crippen molar-refractivity contribution in [2.45, 2.75) is 13.5 Å². The summed E-state index contributed by atoms with van der Waals surface area (Å²) in [6, 6.07) is 13.7. The lowest BCUT2D eigenvalue weighted by Crippen LogP contribution is -2.26. The second-order valence-electron chi connectivity index (χ2n) is 4.66. The maximum atomic E-state index is 12.8. The summed E-state index contributed by atoms with van der Waals surface area (Å²) in [5, 5.41) is 0. The second-order valence-corrected chi connectivity index (χ2v) is 4.66. The van der Waals surface area contributed by atoms with Gasteiger partial charge in [-0.15, -0.1) is 0 Å². The van der Waals surface area contributed by atoms with Crippen LogP contribution in [0.1, 0.15) is 21.5 Å². The number of aryl methyl sites for hydroxylation is 1. The van der Waals surface area contributed by atoms with E-state index in [0.717, 1.165) is 11.1 Å². The predicted octanol–water partition coefficient (Wildman–Crippen LogP) is 3.41. The summed E-state index contributed by atoms with van der Waals surface area (Å²) >= 11 is 0. The normalized spacial score (nSPS) is 10.3. The average Bonchev–Trinajstić information content (AvgIpc) is 2.40. The maximum Gasteiger partial charge on any atom is 0.253 e. The zero-order chi connectivity index (χ0) is 13.8. The van der Waals surface area contributed by atoms with Gasteiger partial charge in [-0.3, -0.25) is 4.79 Å². The Balaban J connectivity index is 2.09. The van der Waals surface area contributed by atoms with E-state index in [1.807, 2.05) is 25.1 Å². The lowest BCUT2D eigenvalue weighted by Gasteiger charge is -2.17. The fourth-order valence-corrected chi connectivity index (χ4v) is 1.93. The number of nitrogens with zero attached hydrogens (tertiary/aromatic N) is 1. The number of carbonyl (C=O) groups is 1. The van der Waals surface area contributed by atoms with Gasteiger partial charge in [0.1, 0.15) is 5.82 Å². The topological polar surface area (TPSA) is 20.3 Å². The third kappa shape index (κ3) is 3.41. The molecular weight excluding hydrogens is 241 g/mol. The molecule has 0 N–H and O–H groups in total. The molecule has 0 aliphatic rings. The number of amides is 1. The van der Waals surface area contributed by atoms with Crippen LogP contribution in [0.4, 0.5) is 4.39 Å². The van der Waals surface area contributed by atoms with Gasteiger partial charge in [0.05, 0.1) is 0 Å². The molecule has 2 aromatic rings. The first kappa shape index (κ1) is 13.3. The number of halogens is 1. The maximum absolute atomic E-state index is 12.8. The SMILES string of the molecule is Cc1cccc(C(=O)N(C)Cc2ccc(F)cc2)c1. The summed E-state index contributed by atoms with van der Waals surface area (Å²) in [4.78, 5) is 13.8. The van der Waals surface area contributed by atoms with Crippen molar-refractivity contribution in [3.05, 3.63) is 71.0 Å². The molecule has 98 valence electrons. The van der Waals surface area contributed by atoms with Crippen LogP contribution >= 0.6 is 0 Å². The zero-order valence-corrected chi connectivity index (χ0v) is 11.1. The molecular formula is C16H16FNO. The van der Waals surface area contributed by atoms with E-state index in [-0.39, 0.29) is 11.7 Å². The highest BCUT2D eigenvalue weighted by Crippen LogP contribution is 2.10. The number of benzene rings is 2. The van der Waals surface area contributed by atoms with Gasteiger partial charge in [0.25, 0.3) is 5.91 Å². The van der Waals surface area contributed by atoms with E-state index in [1.165, 1.54) is 12.1 Å². The van der Waals surface area contributed by atoms with Crippen LogP contribution in [0.5, 0.6) is 0 Å². The molecule has 19 heavy (non-hydrogen) atoms. The van der Waals surface area contributed by atoms with Crippen LogP contribution < -0.4 is 0 Å². The van der Waals surface area contributed by atoms with Gasteiger partial charge in [-0.05, 0) is 36.8 Å². The van der Waals surface area contributed by atoms with Crippen molar-refractivity contribution < 1.29 is 9.18 Å². The molecule has 2 rings (SSSR count). The van der Waals surface area contributed by atoms with E-state index in [1.54, 1.807) is 30.1 Å². The first-order chi connectivity index (χ1) is 9.06. The van der Waals surface area contributed by atoms with E-state index < -0.39 is 0 Å². The van der Waals surface area contributed by atoms with Gasteiger partial charge in [-0.1, -0.05) is 29.8 Å². The van der Waals surface area contributed by atoms with E-state index >= 15 is 0 Å². The van der Waals surface area contributed by atoms with Crippen molar-refractivity contribution in [2.24, 2.45) is 0 Å². The van der Waals surface area contributed by atoms with Crippen LogP contribution in [-0.2, 0) is 6.54 Å². The van der Waals surface area contributed by atoms with Gasteiger partial charge < -0.3 is 4.90 Å². The van der Waals surface area contributed by atoms with E-state index in [4.69, 9.17) is 0 Å². The molecule has 0 atom stereocenters. The molecule has 2 nitrogen and oxygen atoms in total. The molecule has 2 aromatic carbocycles. The average molecular weight is 257 g/mol. The van der Waals surface area contributed by atoms with Crippen LogP contribution in [0.15, 0.2) is 48.5 Å². The molecule has 1 amide bonds. The number of hydrogen-bond acceptors (Lipinski definition) is 1. The van der Waals surface area contributed by atoms with E-state index in [0.29, 0.717) is 12.1 Å². The standard InChI is InChI=1S/C16H16FNO/c1-12-4-3-5-14(10-12)16(19)18(2)11-13-6-8-15(17)9-7-13/h3-10H,11H2,1-2H3. The Labute approximate surface area is 112 Å². The van der Waals surface area contributed by atoms with Crippen LogP contribution in [0, 0.1) is 12.7 Å². The minimum atomic E-state index is -0.267. The predicted molar refractivity (Wildman–Crippen MR) is 73.4 cm³/mol. The Hall–Kier alpha value is -2.16. The Kier molecular flexibility index (Phi) is 3.95. The Bertz CT molecular complexity index is 578. The summed E-state index contributed by atoms with van der Waals surface area (Å²) < 4.78 is 12.8. The van der Waals surface area contributed by atoms with Gasteiger partial charge in [0.15, 0.2) is 0 Å². The molecule has 3 heteroatoms. The number of carbonyl (C=O) groups excluding carboxylic acids is 1. The highest BCUT2D eigenvalue weighted by molar-refractivity contribution is 5.94. The minimum absolute atomic E-state index is 0.0342. The van der Waals surface area contributed by atoms with Crippen molar-refractivity contribution in [3.8, 4) is 0 Å². The largest absolute Gasteiger partial charge is 0.337 e. The van der Waals surface area contributed by atoms with E-state index in [9.17, 15) is 9.18 Å². The lowest BCUT2D eigenvalue weighted by molar-refractivity contribution is 0.0785. The second kappa shape index (κ2) is 5.65. The van der Waals surface area contributed by atoms with Crippen molar-refractivity contribution in [1.29, 1.82) is 0 Å². The Morgan fingerprint density at radius 3 is 2.47 bits per heavy atom. The summed E-state index contributed by atoms with van der Waals surface area (Å²) in [6.45, 7) is 2.42. The van der Waals surface area contributed by atoms with Crippen LogP contribution in [0.2, 0.25) is 0 Å². The summed E-state index contributed by atoms with van der Waals surface area (Å²) in [5.74, 6) is -0.301. The van der Waals surface area contributed by atoms with Gasteiger partial charge in [0, 0.05) is 19.2 Å². The summed E-state index contributed by atoms with van der Waals surface area (Å²) in [5.41, 5.74) is 2.63. The smallest absolute Gasteiger partial charge is 0.253 e. The van der Waals surface area contributed by atoms with Gasteiger partial charge >= 0.3 is 0 Å². The first-order valence-electron chi connectivity index (χ1n) is 6.13. The molecule has 0 saturated heterocycles. The highest BCUT2D eigenvalue weighted by Gasteiger charge is 2.11. The van der Waals surface area contributed by atoms with Crippen molar-refractivity contribution >= 4 is 5.91 Å². The molecule has 0 bridgehead atoms.